The van der Waals surface area contributed by atoms with Gasteiger partial charge in [0.2, 0.25) is 5.78 Å². The minimum atomic E-state index is -0.641. The summed E-state index contributed by atoms with van der Waals surface area (Å²) in [5.74, 6) is -1.09. The van der Waals surface area contributed by atoms with Crippen LogP contribution in [0.2, 0.25) is 5.02 Å². The molecule has 2 rings (SSSR count). The molecule has 0 bridgehead atoms. The van der Waals surface area contributed by atoms with E-state index in [1.165, 1.54) is 18.4 Å². The van der Waals surface area contributed by atoms with Gasteiger partial charge in [0.25, 0.3) is 0 Å². The lowest BCUT2D eigenvalue weighted by Crippen LogP contribution is -2.03. The third-order valence-corrected chi connectivity index (χ3v) is 3.20. The second-order valence-corrected chi connectivity index (χ2v) is 4.31. The van der Waals surface area contributed by atoms with Crippen LogP contribution in [0.5, 0.6) is 0 Å². The second-order valence-electron chi connectivity index (χ2n) is 3.05. The van der Waals surface area contributed by atoms with Crippen LogP contribution < -0.4 is 0 Å². The maximum Gasteiger partial charge on any atom is 0.231 e. The van der Waals surface area contributed by atoms with Crippen molar-refractivity contribution in [3.8, 4) is 0 Å². The molecule has 2 nitrogen and oxygen atoms in total. The van der Waals surface area contributed by atoms with Crippen molar-refractivity contribution in [2.45, 2.75) is 0 Å². The van der Waals surface area contributed by atoms with Crippen LogP contribution >= 0.6 is 27.5 Å². The van der Waals surface area contributed by atoms with Gasteiger partial charge in [0.05, 0.1) is 16.8 Å². The highest BCUT2D eigenvalue weighted by molar-refractivity contribution is 9.10. The molecule has 0 N–H and O–H groups in total. The van der Waals surface area contributed by atoms with Gasteiger partial charge in [-0.05, 0) is 40.2 Å². The number of benzene rings is 1. The van der Waals surface area contributed by atoms with E-state index in [4.69, 9.17) is 16.0 Å². The van der Waals surface area contributed by atoms with Crippen molar-refractivity contribution in [1.82, 2.24) is 0 Å². The van der Waals surface area contributed by atoms with Crippen molar-refractivity contribution >= 4 is 33.3 Å². The molecule has 0 aliphatic rings. The molecule has 0 radical (unpaired) electrons. The Morgan fingerprint density at radius 1 is 1.44 bits per heavy atom. The zero-order valence-electron chi connectivity index (χ0n) is 7.84. The molecule has 2 aromatic rings. The predicted octanol–water partition coefficient (Wildman–Crippen LogP) is 4.07. The number of furan rings is 1. The number of rotatable bonds is 2. The lowest BCUT2D eigenvalue weighted by atomic mass is 10.1. The Balaban J connectivity index is 2.49. The highest BCUT2D eigenvalue weighted by atomic mass is 79.9. The summed E-state index contributed by atoms with van der Waals surface area (Å²) in [6, 6.07) is 5.45. The molecule has 0 fully saturated rings. The Labute approximate surface area is 104 Å². The zero-order chi connectivity index (χ0) is 11.7. The van der Waals surface area contributed by atoms with E-state index < -0.39 is 11.6 Å². The maximum atomic E-state index is 13.5. The van der Waals surface area contributed by atoms with Gasteiger partial charge >= 0.3 is 0 Å². The summed E-state index contributed by atoms with van der Waals surface area (Å²) >= 11 is 8.87. The van der Waals surface area contributed by atoms with Gasteiger partial charge < -0.3 is 4.42 Å². The molecular formula is C11H5BrClFO2. The summed E-state index contributed by atoms with van der Waals surface area (Å²) < 4.78 is 18.8. The fourth-order valence-corrected chi connectivity index (χ4v) is 1.72. The van der Waals surface area contributed by atoms with Crippen LogP contribution in [0.15, 0.2) is 39.4 Å². The normalized spacial score (nSPS) is 10.4. The number of hydrogen-bond acceptors (Lipinski definition) is 2. The van der Waals surface area contributed by atoms with Gasteiger partial charge in [0.15, 0.2) is 5.76 Å². The van der Waals surface area contributed by atoms with E-state index in [2.05, 4.69) is 15.9 Å². The first-order valence-electron chi connectivity index (χ1n) is 4.32. The van der Waals surface area contributed by atoms with E-state index in [9.17, 15) is 9.18 Å². The molecule has 5 heteroatoms. The summed E-state index contributed by atoms with van der Waals surface area (Å²) in [6.45, 7) is 0. The molecule has 0 saturated carbocycles. The molecule has 0 saturated heterocycles. The van der Waals surface area contributed by atoms with Crippen LogP contribution in [0.1, 0.15) is 16.1 Å². The van der Waals surface area contributed by atoms with Crippen molar-refractivity contribution in [2.75, 3.05) is 0 Å². The average molecular weight is 304 g/mol. The number of halogens is 3. The van der Waals surface area contributed by atoms with Crippen molar-refractivity contribution in [3.05, 3.63) is 57.2 Å². The topological polar surface area (TPSA) is 30.2 Å². The molecule has 82 valence electrons. The molecular weight excluding hydrogens is 298 g/mol. The monoisotopic (exact) mass is 302 g/mol. The highest BCUT2D eigenvalue weighted by Gasteiger charge is 2.18. The van der Waals surface area contributed by atoms with Gasteiger partial charge in [-0.25, -0.2) is 4.39 Å². The van der Waals surface area contributed by atoms with E-state index >= 15 is 0 Å². The molecule has 0 atom stereocenters. The van der Waals surface area contributed by atoms with Gasteiger partial charge in [-0.1, -0.05) is 11.6 Å². The van der Waals surface area contributed by atoms with E-state index in [-0.39, 0.29) is 16.3 Å². The molecule has 0 aliphatic heterocycles. The number of carbonyl (C=O) groups excluding carboxylic acids is 1. The summed E-state index contributed by atoms with van der Waals surface area (Å²) in [5.41, 5.74) is -0.108. The van der Waals surface area contributed by atoms with Crippen LogP contribution in [0.3, 0.4) is 0 Å². The third-order valence-electron chi connectivity index (χ3n) is 2.00. The SMILES string of the molecule is O=C(c1ccco1)c1cc(Cl)c(Br)cc1F. The van der Waals surface area contributed by atoms with Gasteiger partial charge in [-0.2, -0.15) is 0 Å². The van der Waals surface area contributed by atoms with E-state index in [0.717, 1.165) is 6.07 Å². The molecule has 1 aromatic heterocycles. The zero-order valence-corrected chi connectivity index (χ0v) is 10.2. The van der Waals surface area contributed by atoms with Crippen molar-refractivity contribution < 1.29 is 13.6 Å². The smallest absolute Gasteiger partial charge is 0.231 e. The van der Waals surface area contributed by atoms with Crippen LogP contribution in [-0.4, -0.2) is 5.78 Å². The van der Waals surface area contributed by atoms with Gasteiger partial charge in [-0.3, -0.25) is 4.79 Å². The lowest BCUT2D eigenvalue weighted by Gasteiger charge is -2.02. The molecule has 1 heterocycles. The first-order chi connectivity index (χ1) is 7.59. The second kappa shape index (κ2) is 4.39. The lowest BCUT2D eigenvalue weighted by molar-refractivity contribution is 0.100. The standard InChI is InChI=1S/C11H5BrClFO2/c12-7-5-9(14)6(4-8(7)13)11(15)10-2-1-3-16-10/h1-5H. The van der Waals surface area contributed by atoms with Crippen molar-refractivity contribution in [1.29, 1.82) is 0 Å². The maximum absolute atomic E-state index is 13.5. The predicted molar refractivity (Wildman–Crippen MR) is 61.3 cm³/mol. The molecule has 0 amide bonds. The summed E-state index contributed by atoms with van der Waals surface area (Å²) in [6.07, 6.45) is 1.35. The van der Waals surface area contributed by atoms with E-state index in [1.807, 2.05) is 0 Å². The Bertz CT molecular complexity index is 537. The molecule has 1 aromatic carbocycles. The third kappa shape index (κ3) is 2.03. The van der Waals surface area contributed by atoms with Gasteiger partial charge in [-0.15, -0.1) is 0 Å². The minimum absolute atomic E-state index is 0.0808. The Morgan fingerprint density at radius 2 is 2.19 bits per heavy atom. The quantitative estimate of drug-likeness (QED) is 0.618. The summed E-state index contributed by atoms with van der Waals surface area (Å²) in [4.78, 5) is 11.8. The van der Waals surface area contributed by atoms with Gasteiger partial charge in [0, 0.05) is 4.47 Å². The fraction of sp³-hybridized carbons (Fsp3) is 0. The number of carbonyl (C=O) groups is 1. The fourth-order valence-electron chi connectivity index (χ4n) is 1.24. The summed E-state index contributed by atoms with van der Waals surface area (Å²) in [7, 11) is 0. The van der Waals surface area contributed by atoms with E-state index in [0.29, 0.717) is 4.47 Å². The van der Waals surface area contributed by atoms with Crippen LogP contribution in [0.25, 0.3) is 0 Å². The first kappa shape index (κ1) is 11.4. The van der Waals surface area contributed by atoms with Gasteiger partial charge in [0.1, 0.15) is 5.82 Å². The molecule has 0 unspecified atom stereocenters. The Kier molecular flexibility index (Phi) is 3.12. The Morgan fingerprint density at radius 3 is 2.81 bits per heavy atom. The Hall–Kier alpha value is -1.13. The van der Waals surface area contributed by atoms with E-state index in [1.54, 1.807) is 6.07 Å². The average Bonchev–Trinajstić information content (AvgIpc) is 2.75. The van der Waals surface area contributed by atoms with Crippen molar-refractivity contribution in [2.24, 2.45) is 0 Å². The first-order valence-corrected chi connectivity index (χ1v) is 5.49. The van der Waals surface area contributed by atoms with Crippen LogP contribution in [0.4, 0.5) is 4.39 Å². The number of ketones is 1. The van der Waals surface area contributed by atoms with Crippen molar-refractivity contribution in [3.63, 3.8) is 0 Å². The largest absolute Gasteiger partial charge is 0.461 e. The summed E-state index contributed by atoms with van der Waals surface area (Å²) in [5, 5.41) is 0.274. The number of hydrogen-bond donors (Lipinski definition) is 0. The molecule has 0 spiro atoms. The molecule has 16 heavy (non-hydrogen) atoms. The van der Waals surface area contributed by atoms with Crippen LogP contribution in [0, 0.1) is 5.82 Å². The van der Waals surface area contributed by atoms with Crippen LogP contribution in [-0.2, 0) is 0 Å². The molecule has 0 aliphatic carbocycles. The highest BCUT2D eigenvalue weighted by Crippen LogP contribution is 2.27. The minimum Gasteiger partial charge on any atom is -0.461 e.